The van der Waals surface area contributed by atoms with Crippen LogP contribution >= 0.6 is 24.8 Å². The summed E-state index contributed by atoms with van der Waals surface area (Å²) in [5.74, 6) is 0.0309. The Morgan fingerprint density at radius 3 is 3.00 bits per heavy atom. The molecule has 2 rings (SSSR count). The monoisotopic (exact) mass is 324 g/mol. The van der Waals surface area contributed by atoms with Gasteiger partial charge in [-0.05, 0) is 13.0 Å². The molecule has 2 unspecified atom stereocenters. The lowest BCUT2D eigenvalue weighted by atomic mass is 10.2. The second-order valence-corrected chi connectivity index (χ2v) is 4.60. The van der Waals surface area contributed by atoms with Crippen molar-refractivity contribution in [1.29, 1.82) is 0 Å². The maximum atomic E-state index is 11.8. The molecule has 2 atom stereocenters. The van der Waals surface area contributed by atoms with Gasteiger partial charge in [0.25, 0.3) is 0 Å². The number of rotatable bonds is 5. The van der Waals surface area contributed by atoms with Crippen LogP contribution in [0.15, 0.2) is 18.5 Å². The molecule has 20 heavy (non-hydrogen) atoms. The van der Waals surface area contributed by atoms with Gasteiger partial charge in [0.2, 0.25) is 5.91 Å². The van der Waals surface area contributed by atoms with Gasteiger partial charge in [0.1, 0.15) is 0 Å². The number of hydrogen-bond donors (Lipinski definition) is 2. The summed E-state index contributed by atoms with van der Waals surface area (Å²) in [6.07, 6.45) is 4.03. The number of hydrogen-bond acceptors (Lipinski definition) is 4. The van der Waals surface area contributed by atoms with Gasteiger partial charge in [-0.1, -0.05) is 0 Å². The van der Waals surface area contributed by atoms with E-state index in [9.17, 15) is 4.79 Å². The molecule has 1 fully saturated rings. The summed E-state index contributed by atoms with van der Waals surface area (Å²) in [5, 5.41) is 10.3. The summed E-state index contributed by atoms with van der Waals surface area (Å²) in [5.41, 5.74) is 0. The van der Waals surface area contributed by atoms with Crippen molar-refractivity contribution < 1.29 is 9.53 Å². The molecule has 1 aliphatic heterocycles. The van der Waals surface area contributed by atoms with Crippen LogP contribution < -0.4 is 10.6 Å². The maximum absolute atomic E-state index is 11.8. The molecule has 2 N–H and O–H groups in total. The SMILES string of the molecule is CC(Cn1cccn1)NC(=O)CC1CNCCO1.Cl.Cl. The van der Waals surface area contributed by atoms with E-state index in [2.05, 4.69) is 15.7 Å². The lowest BCUT2D eigenvalue weighted by Crippen LogP contribution is -2.43. The number of carbonyl (C=O) groups is 1. The van der Waals surface area contributed by atoms with E-state index in [4.69, 9.17) is 4.74 Å². The normalized spacial score (nSPS) is 19.4. The predicted molar refractivity (Wildman–Crippen MR) is 81.6 cm³/mol. The van der Waals surface area contributed by atoms with E-state index in [1.165, 1.54) is 0 Å². The minimum Gasteiger partial charge on any atom is -0.375 e. The first-order valence-corrected chi connectivity index (χ1v) is 6.33. The highest BCUT2D eigenvalue weighted by Crippen LogP contribution is 2.02. The Kier molecular flexibility index (Phi) is 9.58. The minimum absolute atomic E-state index is 0. The van der Waals surface area contributed by atoms with Crippen LogP contribution in [0.25, 0.3) is 0 Å². The largest absolute Gasteiger partial charge is 0.375 e. The Bertz CT molecular complexity index is 370. The standard InChI is InChI=1S/C12H20N4O2.2ClH/c1-10(9-16-5-2-3-14-16)15-12(17)7-11-8-13-4-6-18-11;;/h2-3,5,10-11,13H,4,6-9H2,1H3,(H,15,17);2*1H. The quantitative estimate of drug-likeness (QED) is 0.832. The van der Waals surface area contributed by atoms with Crippen molar-refractivity contribution in [1.82, 2.24) is 20.4 Å². The molecule has 2 heterocycles. The molecular weight excluding hydrogens is 303 g/mol. The van der Waals surface area contributed by atoms with Crippen LogP contribution in [-0.4, -0.2) is 47.5 Å². The zero-order valence-electron chi connectivity index (χ0n) is 11.4. The van der Waals surface area contributed by atoms with Gasteiger partial charge in [0.15, 0.2) is 0 Å². The highest BCUT2D eigenvalue weighted by molar-refractivity contribution is 5.85. The van der Waals surface area contributed by atoms with Gasteiger partial charge in [0.05, 0.1) is 25.7 Å². The first-order chi connectivity index (χ1) is 8.74. The van der Waals surface area contributed by atoms with Crippen molar-refractivity contribution in [3.8, 4) is 0 Å². The van der Waals surface area contributed by atoms with Gasteiger partial charge in [-0.3, -0.25) is 9.48 Å². The molecule has 0 bridgehead atoms. The molecule has 0 spiro atoms. The van der Waals surface area contributed by atoms with E-state index in [1.807, 2.05) is 23.9 Å². The summed E-state index contributed by atoms with van der Waals surface area (Å²) in [6.45, 7) is 4.96. The zero-order chi connectivity index (χ0) is 12.8. The molecule has 1 aliphatic rings. The fourth-order valence-electron chi connectivity index (χ4n) is 2.03. The molecule has 1 aromatic heterocycles. The van der Waals surface area contributed by atoms with Gasteiger partial charge >= 0.3 is 0 Å². The number of nitrogens with zero attached hydrogens (tertiary/aromatic N) is 2. The van der Waals surface area contributed by atoms with E-state index in [0.717, 1.165) is 13.1 Å². The summed E-state index contributed by atoms with van der Waals surface area (Å²) in [7, 11) is 0. The summed E-state index contributed by atoms with van der Waals surface area (Å²) >= 11 is 0. The summed E-state index contributed by atoms with van der Waals surface area (Å²) < 4.78 is 7.30. The lowest BCUT2D eigenvalue weighted by molar-refractivity contribution is -0.125. The van der Waals surface area contributed by atoms with Gasteiger partial charge in [-0.25, -0.2) is 0 Å². The Morgan fingerprint density at radius 1 is 1.60 bits per heavy atom. The molecule has 1 aromatic rings. The minimum atomic E-state index is -0.00402. The lowest BCUT2D eigenvalue weighted by Gasteiger charge is -2.23. The third-order valence-electron chi connectivity index (χ3n) is 2.84. The van der Waals surface area contributed by atoms with Gasteiger partial charge in [-0.2, -0.15) is 5.10 Å². The molecule has 116 valence electrons. The van der Waals surface area contributed by atoms with Crippen LogP contribution in [0, 0.1) is 0 Å². The number of amides is 1. The van der Waals surface area contributed by atoms with Crippen molar-refractivity contribution in [2.45, 2.75) is 32.0 Å². The van der Waals surface area contributed by atoms with Gasteiger partial charge in [-0.15, -0.1) is 24.8 Å². The van der Waals surface area contributed by atoms with Crippen molar-refractivity contribution in [3.05, 3.63) is 18.5 Å². The number of nitrogens with one attached hydrogen (secondary N) is 2. The van der Waals surface area contributed by atoms with E-state index >= 15 is 0 Å². The van der Waals surface area contributed by atoms with E-state index in [0.29, 0.717) is 19.6 Å². The van der Waals surface area contributed by atoms with Gasteiger partial charge < -0.3 is 15.4 Å². The molecule has 0 radical (unpaired) electrons. The molecule has 1 amide bonds. The van der Waals surface area contributed by atoms with E-state index < -0.39 is 0 Å². The predicted octanol–water partition coefficient (Wildman–Crippen LogP) is 0.610. The van der Waals surface area contributed by atoms with Crippen LogP contribution in [0.5, 0.6) is 0 Å². The topological polar surface area (TPSA) is 68.2 Å². The highest BCUT2D eigenvalue weighted by Gasteiger charge is 2.18. The maximum Gasteiger partial charge on any atom is 0.222 e. The third kappa shape index (κ3) is 6.56. The van der Waals surface area contributed by atoms with E-state index in [1.54, 1.807) is 6.20 Å². The molecular formula is C12H22Cl2N4O2. The summed E-state index contributed by atoms with van der Waals surface area (Å²) in [4.78, 5) is 11.8. The first-order valence-electron chi connectivity index (χ1n) is 6.33. The van der Waals surface area contributed by atoms with Gasteiger partial charge in [0, 0.05) is 31.5 Å². The summed E-state index contributed by atoms with van der Waals surface area (Å²) in [6, 6.07) is 1.93. The van der Waals surface area contributed by atoms with Crippen LogP contribution in [0.1, 0.15) is 13.3 Å². The second-order valence-electron chi connectivity index (χ2n) is 4.60. The smallest absolute Gasteiger partial charge is 0.222 e. The Labute approximate surface area is 131 Å². The van der Waals surface area contributed by atoms with Crippen molar-refractivity contribution in [2.24, 2.45) is 0 Å². The molecule has 0 aliphatic carbocycles. The third-order valence-corrected chi connectivity index (χ3v) is 2.84. The Balaban J connectivity index is 0.00000180. The highest BCUT2D eigenvalue weighted by atomic mass is 35.5. The molecule has 6 nitrogen and oxygen atoms in total. The fraction of sp³-hybridized carbons (Fsp3) is 0.667. The number of aromatic nitrogens is 2. The van der Waals surface area contributed by atoms with Crippen LogP contribution in [-0.2, 0) is 16.1 Å². The first kappa shape index (κ1) is 19.2. The number of carbonyl (C=O) groups excluding carboxylic acids is 1. The van der Waals surface area contributed by atoms with Crippen molar-refractivity contribution in [2.75, 3.05) is 19.7 Å². The fourth-order valence-corrected chi connectivity index (χ4v) is 2.03. The van der Waals surface area contributed by atoms with Crippen molar-refractivity contribution in [3.63, 3.8) is 0 Å². The average molecular weight is 325 g/mol. The van der Waals surface area contributed by atoms with Crippen LogP contribution in [0.4, 0.5) is 0 Å². The molecule has 0 saturated carbocycles. The number of halogens is 2. The number of ether oxygens (including phenoxy) is 1. The zero-order valence-corrected chi connectivity index (χ0v) is 13.1. The van der Waals surface area contributed by atoms with Crippen molar-refractivity contribution >= 4 is 30.7 Å². The van der Waals surface area contributed by atoms with Crippen LogP contribution in [0.2, 0.25) is 0 Å². The average Bonchev–Trinajstić information content (AvgIpc) is 2.82. The number of morpholine rings is 1. The second kappa shape index (κ2) is 9.99. The Morgan fingerprint density at radius 2 is 2.40 bits per heavy atom. The van der Waals surface area contributed by atoms with Crippen LogP contribution in [0.3, 0.4) is 0 Å². The Hall–Kier alpha value is -0.820. The molecule has 1 saturated heterocycles. The van der Waals surface area contributed by atoms with E-state index in [-0.39, 0.29) is 42.9 Å². The molecule has 8 heteroatoms. The molecule has 0 aromatic carbocycles.